The van der Waals surface area contributed by atoms with Crippen molar-refractivity contribution in [1.82, 2.24) is 0 Å². The van der Waals surface area contributed by atoms with Crippen molar-refractivity contribution >= 4 is 0 Å². The molecule has 0 radical (unpaired) electrons. The van der Waals surface area contributed by atoms with E-state index < -0.39 is 0 Å². The van der Waals surface area contributed by atoms with Gasteiger partial charge in [-0.1, -0.05) is 40.5 Å². The molecule has 0 aromatic heterocycles. The monoisotopic (exact) mass is 362 g/mol. The summed E-state index contributed by atoms with van der Waals surface area (Å²) in [6.45, 7) is 9.73. The van der Waals surface area contributed by atoms with Gasteiger partial charge in [0.1, 0.15) is 0 Å². The zero-order valence-electron chi connectivity index (χ0n) is 17.6. The molecule has 2 N–H and O–H groups in total. The van der Waals surface area contributed by atoms with Crippen LogP contribution in [-0.4, -0.2) is 22.4 Å². The predicted octanol–water partition coefficient (Wildman–Crippen LogP) is 5.41. The van der Waals surface area contributed by atoms with Gasteiger partial charge in [0.15, 0.2) is 0 Å². The highest BCUT2D eigenvalue weighted by atomic mass is 16.3. The minimum Gasteiger partial charge on any atom is -0.393 e. The summed E-state index contributed by atoms with van der Waals surface area (Å²) >= 11 is 0. The van der Waals surface area contributed by atoms with Gasteiger partial charge in [-0.3, -0.25) is 0 Å². The normalized spacial score (nSPS) is 54.9. The smallest absolute Gasteiger partial charge is 0.0602 e. The van der Waals surface area contributed by atoms with Crippen LogP contribution in [0.15, 0.2) is 0 Å². The van der Waals surface area contributed by atoms with Gasteiger partial charge in [-0.15, -0.1) is 0 Å². The topological polar surface area (TPSA) is 40.5 Å². The van der Waals surface area contributed by atoms with Gasteiger partial charge in [0, 0.05) is 0 Å². The molecule has 150 valence electrons. The third-order valence-corrected chi connectivity index (χ3v) is 10.2. The summed E-state index contributed by atoms with van der Waals surface area (Å²) in [7, 11) is 0. The van der Waals surface area contributed by atoms with Crippen molar-refractivity contribution in [3.8, 4) is 0 Å². The van der Waals surface area contributed by atoms with Gasteiger partial charge in [0.25, 0.3) is 0 Å². The zero-order chi connectivity index (χ0) is 18.7. The second-order valence-electron chi connectivity index (χ2n) is 11.2. The lowest BCUT2D eigenvalue weighted by Crippen LogP contribution is -2.58. The van der Waals surface area contributed by atoms with Crippen LogP contribution in [0.5, 0.6) is 0 Å². The van der Waals surface area contributed by atoms with Crippen LogP contribution < -0.4 is 0 Å². The number of aliphatic hydroxyl groups excluding tert-OH is 2. The molecule has 4 rings (SSSR count). The molecular formula is C24H42O2. The van der Waals surface area contributed by atoms with Crippen LogP contribution in [0.3, 0.4) is 0 Å². The van der Waals surface area contributed by atoms with Crippen LogP contribution in [0.4, 0.5) is 0 Å². The summed E-state index contributed by atoms with van der Waals surface area (Å²) in [5, 5.41) is 21.7. The molecule has 0 spiro atoms. The quantitative estimate of drug-likeness (QED) is 0.704. The molecule has 0 aromatic carbocycles. The summed E-state index contributed by atoms with van der Waals surface area (Å²) < 4.78 is 0. The van der Waals surface area contributed by atoms with E-state index in [1.54, 1.807) is 0 Å². The van der Waals surface area contributed by atoms with E-state index in [1.165, 1.54) is 44.9 Å². The second kappa shape index (κ2) is 6.76. The molecule has 0 aromatic rings. The van der Waals surface area contributed by atoms with Crippen molar-refractivity contribution < 1.29 is 10.2 Å². The number of rotatable bonds is 3. The summed E-state index contributed by atoms with van der Waals surface area (Å²) in [6, 6.07) is 0. The zero-order valence-corrected chi connectivity index (χ0v) is 17.6. The van der Waals surface area contributed by atoms with E-state index in [1.807, 2.05) is 0 Å². The first-order chi connectivity index (χ1) is 12.3. The minimum atomic E-state index is -0.122. The van der Waals surface area contributed by atoms with Crippen molar-refractivity contribution in [2.45, 2.75) is 104 Å². The molecule has 26 heavy (non-hydrogen) atoms. The molecule has 10 atom stereocenters. The van der Waals surface area contributed by atoms with Gasteiger partial charge < -0.3 is 10.2 Å². The van der Waals surface area contributed by atoms with E-state index in [2.05, 4.69) is 27.7 Å². The summed E-state index contributed by atoms with van der Waals surface area (Å²) in [4.78, 5) is 0. The Balaban J connectivity index is 1.61. The molecule has 0 bridgehead atoms. The first kappa shape index (κ1) is 19.2. The molecule has 2 heteroatoms. The first-order valence-corrected chi connectivity index (χ1v) is 11.7. The van der Waals surface area contributed by atoms with Crippen LogP contribution in [0.25, 0.3) is 0 Å². The molecule has 0 amide bonds. The maximum absolute atomic E-state index is 11.5. The molecule has 4 saturated carbocycles. The average Bonchev–Trinajstić information content (AvgIpc) is 2.96. The minimum absolute atomic E-state index is 0.0749. The Bertz CT molecular complexity index is 518. The lowest BCUT2D eigenvalue weighted by atomic mass is 9.43. The van der Waals surface area contributed by atoms with Crippen LogP contribution in [0.2, 0.25) is 0 Å². The Morgan fingerprint density at radius 3 is 2.46 bits per heavy atom. The highest BCUT2D eigenvalue weighted by Gasteiger charge is 2.63. The van der Waals surface area contributed by atoms with E-state index >= 15 is 0 Å². The maximum Gasteiger partial charge on any atom is 0.0602 e. The van der Waals surface area contributed by atoms with Gasteiger partial charge in [0.2, 0.25) is 0 Å². The summed E-state index contributed by atoms with van der Waals surface area (Å²) in [5.74, 6) is 4.37. The number of fused-ring (bicyclic) bond motifs is 5. The van der Waals surface area contributed by atoms with Gasteiger partial charge in [0.05, 0.1) is 12.2 Å². The van der Waals surface area contributed by atoms with Crippen LogP contribution in [0.1, 0.15) is 91.9 Å². The van der Waals surface area contributed by atoms with E-state index in [0.717, 1.165) is 37.0 Å². The number of aliphatic hydroxyl groups is 2. The van der Waals surface area contributed by atoms with Crippen molar-refractivity contribution in [2.75, 3.05) is 0 Å². The van der Waals surface area contributed by atoms with E-state index in [-0.39, 0.29) is 17.6 Å². The fraction of sp³-hybridized carbons (Fsp3) is 1.00. The Hall–Kier alpha value is -0.0800. The standard InChI is InChI=1S/C24H42O2/c1-5-6-15(2)19-9-10-20-18-8-7-16-13-17(25)11-12-23(16,3)21(18)14-22(26)24(19,20)4/h15-22,25-26H,5-14H2,1-4H3/t15?,16?,17-,18?,19?,20?,21?,22+,23+,24-/m1/s1. The van der Waals surface area contributed by atoms with E-state index in [0.29, 0.717) is 23.2 Å². The van der Waals surface area contributed by atoms with Crippen molar-refractivity contribution in [2.24, 2.45) is 46.3 Å². The summed E-state index contributed by atoms with van der Waals surface area (Å²) in [6.07, 6.45) is 11.9. The third-order valence-electron chi connectivity index (χ3n) is 10.2. The fourth-order valence-corrected chi connectivity index (χ4v) is 8.82. The molecule has 0 saturated heterocycles. The summed E-state index contributed by atoms with van der Waals surface area (Å²) in [5.41, 5.74) is 0.505. The molecule has 4 fully saturated rings. The van der Waals surface area contributed by atoms with Gasteiger partial charge in [-0.05, 0) is 97.7 Å². The molecule has 6 unspecified atom stereocenters. The molecule has 4 aliphatic carbocycles. The van der Waals surface area contributed by atoms with Crippen molar-refractivity contribution in [3.05, 3.63) is 0 Å². The Kier molecular flexibility index (Phi) is 5.01. The largest absolute Gasteiger partial charge is 0.393 e. The van der Waals surface area contributed by atoms with E-state index in [9.17, 15) is 10.2 Å². The van der Waals surface area contributed by atoms with Crippen molar-refractivity contribution in [3.63, 3.8) is 0 Å². The average molecular weight is 363 g/mol. The molecular weight excluding hydrogens is 320 g/mol. The van der Waals surface area contributed by atoms with Crippen LogP contribution >= 0.6 is 0 Å². The Morgan fingerprint density at radius 1 is 0.962 bits per heavy atom. The molecule has 4 aliphatic rings. The third kappa shape index (κ3) is 2.65. The van der Waals surface area contributed by atoms with Gasteiger partial charge in [-0.25, -0.2) is 0 Å². The SMILES string of the molecule is CCCC(C)C1CCC2C3CCC4C[C@H](O)CC[C@]4(C)C3C[C@H](O)[C@]12C. The molecule has 0 aliphatic heterocycles. The van der Waals surface area contributed by atoms with Crippen molar-refractivity contribution in [1.29, 1.82) is 0 Å². The Labute approximate surface area is 161 Å². The lowest BCUT2D eigenvalue weighted by molar-refractivity contribution is -0.174. The van der Waals surface area contributed by atoms with Gasteiger partial charge >= 0.3 is 0 Å². The van der Waals surface area contributed by atoms with Crippen LogP contribution in [-0.2, 0) is 0 Å². The highest BCUT2D eigenvalue weighted by Crippen LogP contribution is 2.68. The Morgan fingerprint density at radius 2 is 1.73 bits per heavy atom. The number of hydrogen-bond donors (Lipinski definition) is 2. The highest BCUT2D eigenvalue weighted by molar-refractivity contribution is 5.12. The molecule has 0 heterocycles. The predicted molar refractivity (Wildman–Crippen MR) is 107 cm³/mol. The second-order valence-corrected chi connectivity index (χ2v) is 11.2. The van der Waals surface area contributed by atoms with Gasteiger partial charge in [-0.2, -0.15) is 0 Å². The fourth-order valence-electron chi connectivity index (χ4n) is 8.82. The van der Waals surface area contributed by atoms with E-state index in [4.69, 9.17) is 0 Å². The maximum atomic E-state index is 11.5. The first-order valence-electron chi connectivity index (χ1n) is 11.7. The molecule has 2 nitrogen and oxygen atoms in total. The van der Waals surface area contributed by atoms with Crippen LogP contribution in [0, 0.1) is 46.3 Å². The lowest BCUT2D eigenvalue weighted by Gasteiger charge is -2.62. The number of hydrogen-bond acceptors (Lipinski definition) is 2.